The second-order valence-electron chi connectivity index (χ2n) is 4.84. The van der Waals surface area contributed by atoms with Crippen LogP contribution in [0.5, 0.6) is 0 Å². The molecule has 0 aliphatic rings. The summed E-state index contributed by atoms with van der Waals surface area (Å²) in [5, 5.41) is 6.32. The van der Waals surface area contributed by atoms with E-state index in [-0.39, 0.29) is 5.91 Å². The fraction of sp³-hybridized carbons (Fsp3) is 0.462. The molecule has 0 N–H and O–H groups in total. The summed E-state index contributed by atoms with van der Waals surface area (Å²) in [6, 6.07) is 1.78. The Hall–Kier alpha value is -1.95. The Kier molecular flexibility index (Phi) is 3.80. The van der Waals surface area contributed by atoms with Gasteiger partial charge in [0.05, 0.1) is 18.9 Å². The van der Waals surface area contributed by atoms with E-state index in [1.54, 1.807) is 25.5 Å². The maximum atomic E-state index is 11.9. The SMILES string of the molecule is CON(C)C(=O)c1cnc2c(cnn2CC(C)C)c1. The summed E-state index contributed by atoms with van der Waals surface area (Å²) in [4.78, 5) is 21.1. The highest BCUT2D eigenvalue weighted by Crippen LogP contribution is 2.15. The van der Waals surface area contributed by atoms with Gasteiger partial charge in [-0.25, -0.2) is 14.7 Å². The molecule has 0 atom stereocenters. The van der Waals surface area contributed by atoms with Crippen molar-refractivity contribution >= 4 is 16.9 Å². The fourth-order valence-corrected chi connectivity index (χ4v) is 1.83. The van der Waals surface area contributed by atoms with Crippen LogP contribution >= 0.6 is 0 Å². The molecule has 0 aliphatic carbocycles. The molecule has 2 aromatic rings. The van der Waals surface area contributed by atoms with Gasteiger partial charge in [-0.3, -0.25) is 9.63 Å². The number of hydrogen-bond donors (Lipinski definition) is 0. The normalized spacial score (nSPS) is 11.2. The molecule has 0 aliphatic heterocycles. The van der Waals surface area contributed by atoms with Crippen LogP contribution in [-0.2, 0) is 11.4 Å². The first-order chi connectivity index (χ1) is 9.02. The van der Waals surface area contributed by atoms with Crippen LogP contribution in [0, 0.1) is 5.92 Å². The van der Waals surface area contributed by atoms with E-state index in [0.29, 0.717) is 11.5 Å². The van der Waals surface area contributed by atoms with Crippen LogP contribution in [0.15, 0.2) is 18.5 Å². The van der Waals surface area contributed by atoms with Crippen LogP contribution in [0.2, 0.25) is 0 Å². The summed E-state index contributed by atoms with van der Waals surface area (Å²) in [5.74, 6) is 0.263. The van der Waals surface area contributed by atoms with Crippen molar-refractivity contribution in [3.63, 3.8) is 0 Å². The van der Waals surface area contributed by atoms with Gasteiger partial charge >= 0.3 is 0 Å². The Bertz CT molecular complexity index is 591. The number of fused-ring (bicyclic) bond motifs is 1. The third-order valence-corrected chi connectivity index (χ3v) is 2.82. The highest BCUT2D eigenvalue weighted by atomic mass is 16.7. The first-order valence-corrected chi connectivity index (χ1v) is 6.16. The van der Waals surface area contributed by atoms with Crippen molar-refractivity contribution in [2.24, 2.45) is 5.92 Å². The zero-order chi connectivity index (χ0) is 14.0. The lowest BCUT2D eigenvalue weighted by atomic mass is 10.2. The summed E-state index contributed by atoms with van der Waals surface area (Å²) in [5.41, 5.74) is 1.28. The van der Waals surface area contributed by atoms with Crippen molar-refractivity contribution in [2.75, 3.05) is 14.2 Å². The summed E-state index contributed by atoms with van der Waals surface area (Å²) >= 11 is 0. The topological polar surface area (TPSA) is 60.2 Å². The maximum absolute atomic E-state index is 11.9. The van der Waals surface area contributed by atoms with Crippen molar-refractivity contribution in [2.45, 2.75) is 20.4 Å². The number of hydrogen-bond acceptors (Lipinski definition) is 4. The number of rotatable bonds is 4. The Morgan fingerprint density at radius 2 is 2.21 bits per heavy atom. The maximum Gasteiger partial charge on any atom is 0.278 e. The van der Waals surface area contributed by atoms with Crippen molar-refractivity contribution in [1.82, 2.24) is 19.8 Å². The Morgan fingerprint density at radius 1 is 1.47 bits per heavy atom. The third kappa shape index (κ3) is 2.73. The molecule has 2 rings (SSSR count). The molecule has 0 aromatic carbocycles. The molecule has 1 amide bonds. The van der Waals surface area contributed by atoms with Crippen LogP contribution in [0.1, 0.15) is 24.2 Å². The number of carbonyl (C=O) groups excluding carboxylic acids is 1. The number of pyridine rings is 1. The van der Waals surface area contributed by atoms with Crippen LogP contribution in [0.3, 0.4) is 0 Å². The Morgan fingerprint density at radius 3 is 2.84 bits per heavy atom. The zero-order valence-corrected chi connectivity index (χ0v) is 11.6. The van der Waals surface area contributed by atoms with Crippen molar-refractivity contribution in [3.05, 3.63) is 24.0 Å². The van der Waals surface area contributed by atoms with Gasteiger partial charge in [0.2, 0.25) is 0 Å². The van der Waals surface area contributed by atoms with Gasteiger partial charge < -0.3 is 0 Å². The Balaban J connectivity index is 2.35. The quantitative estimate of drug-likeness (QED) is 0.787. The summed E-state index contributed by atoms with van der Waals surface area (Å²) in [6.07, 6.45) is 3.28. The minimum Gasteiger partial charge on any atom is -0.274 e. The molecule has 0 spiro atoms. The molecule has 19 heavy (non-hydrogen) atoms. The summed E-state index contributed by atoms with van der Waals surface area (Å²) < 4.78 is 1.86. The van der Waals surface area contributed by atoms with E-state index in [1.807, 2.05) is 4.68 Å². The van der Waals surface area contributed by atoms with E-state index in [1.165, 1.54) is 12.2 Å². The first-order valence-electron chi connectivity index (χ1n) is 6.16. The van der Waals surface area contributed by atoms with Crippen molar-refractivity contribution in [1.29, 1.82) is 0 Å². The predicted molar refractivity (Wildman–Crippen MR) is 71.5 cm³/mol. The predicted octanol–water partition coefficient (Wildman–Crippen LogP) is 1.72. The minimum absolute atomic E-state index is 0.228. The lowest BCUT2D eigenvalue weighted by Gasteiger charge is -2.13. The molecule has 0 fully saturated rings. The number of hydroxylamine groups is 2. The van der Waals surface area contributed by atoms with E-state index < -0.39 is 0 Å². The molecule has 2 heterocycles. The molecule has 102 valence electrons. The van der Waals surface area contributed by atoms with Gasteiger partial charge in [0.15, 0.2) is 5.65 Å². The average Bonchev–Trinajstić information content (AvgIpc) is 2.78. The van der Waals surface area contributed by atoms with Crippen LogP contribution in [0.25, 0.3) is 11.0 Å². The van der Waals surface area contributed by atoms with E-state index in [0.717, 1.165) is 17.6 Å². The number of carbonyl (C=O) groups is 1. The number of amides is 1. The number of aromatic nitrogens is 3. The van der Waals surface area contributed by atoms with Crippen LogP contribution < -0.4 is 0 Å². The lowest BCUT2D eigenvalue weighted by molar-refractivity contribution is -0.0757. The molecule has 0 saturated carbocycles. The van der Waals surface area contributed by atoms with Gasteiger partial charge in [0.25, 0.3) is 5.91 Å². The van der Waals surface area contributed by atoms with E-state index in [2.05, 4.69) is 23.9 Å². The molecule has 6 nitrogen and oxygen atoms in total. The van der Waals surface area contributed by atoms with Gasteiger partial charge in [-0.2, -0.15) is 5.10 Å². The number of nitrogens with zero attached hydrogens (tertiary/aromatic N) is 4. The molecule has 6 heteroatoms. The van der Waals surface area contributed by atoms with E-state index >= 15 is 0 Å². The second kappa shape index (κ2) is 5.36. The average molecular weight is 262 g/mol. The molecule has 0 radical (unpaired) electrons. The molecule has 0 bridgehead atoms. The smallest absolute Gasteiger partial charge is 0.274 e. The molecular weight excluding hydrogens is 244 g/mol. The largest absolute Gasteiger partial charge is 0.278 e. The summed E-state index contributed by atoms with van der Waals surface area (Å²) in [7, 11) is 3.01. The molecular formula is C13H18N4O2. The molecule has 0 unspecified atom stereocenters. The van der Waals surface area contributed by atoms with Gasteiger partial charge in [0.1, 0.15) is 0 Å². The standard InChI is InChI=1S/C13H18N4O2/c1-9(2)8-17-12-10(7-15-17)5-11(6-14-12)13(18)16(3)19-4/h5-7,9H,8H2,1-4H3. The highest BCUT2D eigenvalue weighted by molar-refractivity contribution is 5.96. The van der Waals surface area contributed by atoms with Crippen LogP contribution in [-0.4, -0.2) is 39.9 Å². The second-order valence-corrected chi connectivity index (χ2v) is 4.84. The molecule has 0 saturated heterocycles. The lowest BCUT2D eigenvalue weighted by Crippen LogP contribution is -2.25. The van der Waals surface area contributed by atoms with Crippen molar-refractivity contribution < 1.29 is 9.63 Å². The van der Waals surface area contributed by atoms with Crippen molar-refractivity contribution in [3.8, 4) is 0 Å². The van der Waals surface area contributed by atoms with Crippen LogP contribution in [0.4, 0.5) is 0 Å². The monoisotopic (exact) mass is 262 g/mol. The van der Waals surface area contributed by atoms with Gasteiger partial charge in [-0.05, 0) is 12.0 Å². The van der Waals surface area contributed by atoms with Gasteiger partial charge in [0, 0.05) is 25.2 Å². The van der Waals surface area contributed by atoms with E-state index in [4.69, 9.17) is 4.84 Å². The zero-order valence-electron chi connectivity index (χ0n) is 11.6. The van der Waals surface area contributed by atoms with Gasteiger partial charge in [-0.1, -0.05) is 13.8 Å². The Labute approximate surface area is 111 Å². The molecule has 2 aromatic heterocycles. The van der Waals surface area contributed by atoms with Gasteiger partial charge in [-0.15, -0.1) is 0 Å². The minimum atomic E-state index is -0.228. The third-order valence-electron chi connectivity index (χ3n) is 2.82. The highest BCUT2D eigenvalue weighted by Gasteiger charge is 2.14. The van der Waals surface area contributed by atoms with E-state index in [9.17, 15) is 4.79 Å². The summed E-state index contributed by atoms with van der Waals surface area (Å²) in [6.45, 7) is 5.06. The first kappa shape index (κ1) is 13.5. The fourth-order valence-electron chi connectivity index (χ4n) is 1.83.